The van der Waals surface area contributed by atoms with Gasteiger partial charge in [0.2, 0.25) is 0 Å². The molecule has 0 spiro atoms. The van der Waals surface area contributed by atoms with Gasteiger partial charge in [-0.2, -0.15) is 0 Å². The topological polar surface area (TPSA) is 54.9 Å². The van der Waals surface area contributed by atoms with Crippen molar-refractivity contribution in [1.29, 1.82) is 0 Å². The van der Waals surface area contributed by atoms with Crippen molar-refractivity contribution in [2.24, 2.45) is 4.99 Å². The smallest absolute Gasteiger partial charge is 0.191 e. The van der Waals surface area contributed by atoms with Gasteiger partial charge in [0.15, 0.2) is 17.5 Å². The summed E-state index contributed by atoms with van der Waals surface area (Å²) in [6.07, 6.45) is 5.26. The van der Waals surface area contributed by atoms with Crippen molar-refractivity contribution >= 4 is 41.3 Å². The lowest BCUT2D eigenvalue weighted by Gasteiger charge is -2.16. The number of methoxy groups -OCH3 is 1. The summed E-state index contributed by atoms with van der Waals surface area (Å²) in [6, 6.07) is 10.0. The second-order valence-electron chi connectivity index (χ2n) is 5.70. The van der Waals surface area contributed by atoms with E-state index in [0.29, 0.717) is 24.0 Å². The van der Waals surface area contributed by atoms with E-state index in [1.165, 1.54) is 4.88 Å². The predicted molar refractivity (Wildman–Crippen MR) is 124 cm³/mol. The van der Waals surface area contributed by atoms with Gasteiger partial charge in [-0.15, -0.1) is 41.7 Å². The zero-order valence-corrected chi connectivity index (χ0v) is 19.0. The Hall–Kier alpha value is -1.92. The van der Waals surface area contributed by atoms with E-state index in [1.807, 2.05) is 18.2 Å². The van der Waals surface area contributed by atoms with Crippen LogP contribution in [0.5, 0.6) is 11.5 Å². The van der Waals surface area contributed by atoms with Crippen LogP contribution >= 0.6 is 35.3 Å². The molecule has 7 heteroatoms. The number of ether oxygens (including phenoxy) is 2. The highest BCUT2D eigenvalue weighted by atomic mass is 127. The van der Waals surface area contributed by atoms with Crippen LogP contribution in [0.25, 0.3) is 0 Å². The van der Waals surface area contributed by atoms with E-state index >= 15 is 0 Å². The van der Waals surface area contributed by atoms with E-state index in [9.17, 15) is 0 Å². The Labute approximate surface area is 182 Å². The number of nitrogens with zero attached hydrogens (tertiary/aromatic N) is 1. The van der Waals surface area contributed by atoms with Crippen LogP contribution in [-0.4, -0.2) is 33.3 Å². The Balaban J connectivity index is 0.00000364. The molecule has 2 aromatic rings. The van der Waals surface area contributed by atoms with Gasteiger partial charge in [0.25, 0.3) is 0 Å². The fourth-order valence-corrected chi connectivity index (χ4v) is 3.18. The van der Waals surface area contributed by atoms with Crippen LogP contribution in [0.3, 0.4) is 0 Å². The van der Waals surface area contributed by atoms with Crippen LogP contribution in [0.2, 0.25) is 0 Å². The first-order chi connectivity index (χ1) is 12.7. The maximum Gasteiger partial charge on any atom is 0.191 e. The van der Waals surface area contributed by atoms with Crippen molar-refractivity contribution in [2.75, 3.05) is 27.3 Å². The van der Waals surface area contributed by atoms with Gasteiger partial charge in [-0.1, -0.05) is 25.0 Å². The van der Waals surface area contributed by atoms with Crippen LogP contribution in [0, 0.1) is 12.3 Å². The number of hydrogen-bond acceptors (Lipinski definition) is 4. The molecule has 0 bridgehead atoms. The second-order valence-corrected chi connectivity index (χ2v) is 6.68. The van der Waals surface area contributed by atoms with Crippen molar-refractivity contribution in [1.82, 2.24) is 10.6 Å². The average Bonchev–Trinajstić information content (AvgIpc) is 3.21. The number of aliphatic imine (C=N–C) groups is 1. The maximum atomic E-state index is 5.54. The largest absolute Gasteiger partial charge is 0.493 e. The first-order valence-electron chi connectivity index (χ1n) is 8.39. The third-order valence-corrected chi connectivity index (χ3v) is 4.93. The summed E-state index contributed by atoms with van der Waals surface area (Å²) < 4.78 is 10.8. The van der Waals surface area contributed by atoms with Gasteiger partial charge in [-0.3, -0.25) is 4.99 Å². The monoisotopic (exact) mass is 499 g/mol. The van der Waals surface area contributed by atoms with Crippen molar-refractivity contribution in [3.8, 4) is 23.8 Å². The number of benzene rings is 1. The molecule has 2 rings (SSSR count). The van der Waals surface area contributed by atoms with Gasteiger partial charge in [0.1, 0.15) is 6.61 Å². The van der Waals surface area contributed by atoms with E-state index in [-0.39, 0.29) is 30.6 Å². The molecular formula is C20H26IN3O2S. The number of thiophene rings is 1. The van der Waals surface area contributed by atoms with Crippen LogP contribution < -0.4 is 20.1 Å². The molecular weight excluding hydrogens is 473 g/mol. The lowest BCUT2D eigenvalue weighted by Crippen LogP contribution is -2.38. The highest BCUT2D eigenvalue weighted by Gasteiger charge is 2.09. The minimum atomic E-state index is 0. The molecule has 1 atom stereocenters. The first kappa shape index (κ1) is 23.1. The first-order valence-corrected chi connectivity index (χ1v) is 9.27. The predicted octanol–water partition coefficient (Wildman–Crippen LogP) is 3.86. The number of rotatable bonds is 8. The van der Waals surface area contributed by atoms with Gasteiger partial charge in [0.05, 0.1) is 7.11 Å². The van der Waals surface area contributed by atoms with Gasteiger partial charge < -0.3 is 20.1 Å². The molecule has 5 nitrogen and oxygen atoms in total. The molecule has 0 aliphatic heterocycles. The standard InChI is InChI=1S/C20H25N3O2S.HI/c1-5-10-25-18-12-16(8-9-17(18)24-4)14-23-20(21-3)22-13-15(2)19-7-6-11-26-19;/h1,6-9,11-12,15H,10,13-14H2,2-4H3,(H2,21,22,23);1H. The summed E-state index contributed by atoms with van der Waals surface area (Å²) in [6.45, 7) is 3.84. The van der Waals surface area contributed by atoms with E-state index in [0.717, 1.165) is 18.1 Å². The van der Waals surface area contributed by atoms with Crippen molar-refractivity contribution in [3.63, 3.8) is 0 Å². The lowest BCUT2D eigenvalue weighted by molar-refractivity contribution is 0.330. The molecule has 0 saturated carbocycles. The Morgan fingerprint density at radius 2 is 2.11 bits per heavy atom. The molecule has 0 amide bonds. The molecule has 146 valence electrons. The lowest BCUT2D eigenvalue weighted by atomic mass is 10.1. The fourth-order valence-electron chi connectivity index (χ4n) is 2.39. The minimum absolute atomic E-state index is 0. The van der Waals surface area contributed by atoms with E-state index in [1.54, 1.807) is 25.5 Å². The third kappa shape index (κ3) is 7.31. The normalized spacial score (nSPS) is 11.7. The Kier molecular flexibility index (Phi) is 10.7. The van der Waals surface area contributed by atoms with Crippen molar-refractivity contribution < 1.29 is 9.47 Å². The molecule has 1 aromatic carbocycles. The SMILES string of the molecule is C#CCOc1cc(CNC(=NC)NCC(C)c2cccs2)ccc1OC.I. The number of guanidine groups is 1. The highest BCUT2D eigenvalue weighted by molar-refractivity contribution is 14.0. The van der Waals surface area contributed by atoms with Gasteiger partial charge in [-0.25, -0.2) is 0 Å². The van der Waals surface area contributed by atoms with Crippen molar-refractivity contribution in [2.45, 2.75) is 19.4 Å². The highest BCUT2D eigenvalue weighted by Crippen LogP contribution is 2.28. The molecule has 0 fully saturated rings. The van der Waals surface area contributed by atoms with E-state index in [2.05, 4.69) is 46.0 Å². The molecule has 0 aliphatic rings. The van der Waals surface area contributed by atoms with E-state index < -0.39 is 0 Å². The third-order valence-electron chi connectivity index (χ3n) is 3.83. The van der Waals surface area contributed by atoms with Gasteiger partial charge in [0, 0.05) is 30.9 Å². The molecule has 1 aromatic heterocycles. The summed E-state index contributed by atoms with van der Waals surface area (Å²) in [5.41, 5.74) is 1.05. The number of hydrogen-bond donors (Lipinski definition) is 2. The molecule has 1 unspecified atom stereocenters. The van der Waals surface area contributed by atoms with Gasteiger partial charge in [-0.05, 0) is 29.1 Å². The summed E-state index contributed by atoms with van der Waals surface area (Å²) in [5, 5.41) is 8.77. The van der Waals surface area contributed by atoms with Gasteiger partial charge >= 0.3 is 0 Å². The Morgan fingerprint density at radius 1 is 1.30 bits per heavy atom. The molecule has 1 heterocycles. The molecule has 0 aliphatic carbocycles. The average molecular weight is 499 g/mol. The van der Waals surface area contributed by atoms with Crippen LogP contribution in [0.15, 0.2) is 40.7 Å². The van der Waals surface area contributed by atoms with Crippen LogP contribution in [0.1, 0.15) is 23.3 Å². The zero-order valence-electron chi connectivity index (χ0n) is 15.8. The summed E-state index contributed by atoms with van der Waals surface area (Å²) in [5.74, 6) is 4.95. The zero-order chi connectivity index (χ0) is 18.8. The quantitative estimate of drug-likeness (QED) is 0.251. The fraction of sp³-hybridized carbons (Fsp3) is 0.350. The number of nitrogens with one attached hydrogen (secondary N) is 2. The Morgan fingerprint density at radius 3 is 2.74 bits per heavy atom. The molecule has 2 N–H and O–H groups in total. The summed E-state index contributed by atoms with van der Waals surface area (Å²) in [4.78, 5) is 5.64. The molecule has 0 saturated heterocycles. The van der Waals surface area contributed by atoms with Crippen LogP contribution in [0.4, 0.5) is 0 Å². The van der Waals surface area contributed by atoms with Crippen molar-refractivity contribution in [3.05, 3.63) is 46.2 Å². The maximum absolute atomic E-state index is 5.54. The number of terminal acetylenes is 1. The van der Waals surface area contributed by atoms with Crippen LogP contribution in [-0.2, 0) is 6.54 Å². The second kappa shape index (κ2) is 12.5. The van der Waals surface area contributed by atoms with E-state index in [4.69, 9.17) is 15.9 Å². The molecule has 27 heavy (non-hydrogen) atoms. The summed E-state index contributed by atoms with van der Waals surface area (Å²) >= 11 is 1.77. The summed E-state index contributed by atoms with van der Waals surface area (Å²) in [7, 11) is 3.37. The number of halogens is 1. The Bertz CT molecular complexity index is 757. The minimum Gasteiger partial charge on any atom is -0.493 e. The molecule has 0 radical (unpaired) electrons.